The topological polar surface area (TPSA) is 37.3 Å². The number of halogens is 2. The minimum atomic E-state index is -0.873. The first kappa shape index (κ1) is 13.9. The lowest BCUT2D eigenvalue weighted by molar-refractivity contribution is -0.138. The van der Waals surface area contributed by atoms with Gasteiger partial charge in [0.1, 0.15) is 0 Å². The lowest BCUT2D eigenvalue weighted by Gasteiger charge is -2.14. The van der Waals surface area contributed by atoms with Gasteiger partial charge in [0.25, 0.3) is 0 Å². The highest BCUT2D eigenvalue weighted by molar-refractivity contribution is 6.31. The maximum absolute atomic E-state index is 11.4. The lowest BCUT2D eigenvalue weighted by atomic mass is 9.92. The van der Waals surface area contributed by atoms with Gasteiger partial charge in [0.2, 0.25) is 0 Å². The third-order valence-corrected chi connectivity index (χ3v) is 3.57. The second-order valence-corrected chi connectivity index (χ2v) is 5.08. The molecule has 0 aliphatic carbocycles. The van der Waals surface area contributed by atoms with E-state index >= 15 is 0 Å². The molecule has 0 saturated heterocycles. The Morgan fingerprint density at radius 2 is 1.68 bits per heavy atom. The van der Waals surface area contributed by atoms with E-state index in [0.717, 1.165) is 11.1 Å². The summed E-state index contributed by atoms with van der Waals surface area (Å²) in [5.41, 5.74) is 1.54. The Morgan fingerprint density at radius 3 is 2.26 bits per heavy atom. The van der Waals surface area contributed by atoms with Crippen molar-refractivity contribution in [2.24, 2.45) is 0 Å². The lowest BCUT2D eigenvalue weighted by Crippen LogP contribution is -2.14. The molecule has 98 valence electrons. The van der Waals surface area contributed by atoms with E-state index in [2.05, 4.69) is 0 Å². The summed E-state index contributed by atoms with van der Waals surface area (Å²) in [6.07, 6.45) is 0.358. The molecule has 2 aromatic carbocycles. The van der Waals surface area contributed by atoms with Crippen molar-refractivity contribution in [1.29, 1.82) is 0 Å². The van der Waals surface area contributed by atoms with Crippen LogP contribution in [0.4, 0.5) is 0 Å². The fraction of sp³-hybridized carbons (Fsp3) is 0.133. The van der Waals surface area contributed by atoms with Crippen LogP contribution in [0.2, 0.25) is 10.0 Å². The Labute approximate surface area is 121 Å². The van der Waals surface area contributed by atoms with Crippen molar-refractivity contribution in [3.05, 3.63) is 69.7 Å². The molecule has 1 N–H and O–H groups in total. The summed E-state index contributed by atoms with van der Waals surface area (Å²) in [7, 11) is 0. The Hall–Kier alpha value is -1.51. The van der Waals surface area contributed by atoms with E-state index in [4.69, 9.17) is 23.2 Å². The van der Waals surface area contributed by atoms with Gasteiger partial charge in [-0.25, -0.2) is 0 Å². The molecule has 0 aromatic heterocycles. The fourth-order valence-electron chi connectivity index (χ4n) is 1.93. The molecule has 2 aromatic rings. The molecule has 0 saturated carbocycles. The molecule has 0 radical (unpaired) electrons. The normalized spacial score (nSPS) is 12.1. The largest absolute Gasteiger partial charge is 0.481 e. The third-order valence-electron chi connectivity index (χ3n) is 2.95. The van der Waals surface area contributed by atoms with E-state index in [-0.39, 0.29) is 0 Å². The number of carbonyl (C=O) groups is 1. The van der Waals surface area contributed by atoms with E-state index in [1.165, 1.54) is 0 Å². The SMILES string of the molecule is O=C(O)C(Cc1ccccc1Cl)c1ccc(Cl)cc1. The first-order chi connectivity index (χ1) is 9.08. The molecule has 0 heterocycles. The maximum atomic E-state index is 11.4. The zero-order valence-corrected chi connectivity index (χ0v) is 11.5. The molecule has 1 unspecified atom stereocenters. The van der Waals surface area contributed by atoms with Crippen LogP contribution < -0.4 is 0 Å². The van der Waals surface area contributed by atoms with E-state index < -0.39 is 11.9 Å². The van der Waals surface area contributed by atoms with Gasteiger partial charge in [-0.1, -0.05) is 53.5 Å². The van der Waals surface area contributed by atoms with Crippen LogP contribution in [-0.4, -0.2) is 11.1 Å². The van der Waals surface area contributed by atoms with Crippen LogP contribution in [0.15, 0.2) is 48.5 Å². The molecular formula is C15H12Cl2O2. The van der Waals surface area contributed by atoms with Crippen molar-refractivity contribution in [1.82, 2.24) is 0 Å². The molecule has 2 rings (SSSR count). The third kappa shape index (κ3) is 3.49. The molecule has 4 heteroatoms. The predicted octanol–water partition coefficient (Wildman–Crippen LogP) is 4.40. The van der Waals surface area contributed by atoms with Gasteiger partial charge >= 0.3 is 5.97 Å². The van der Waals surface area contributed by atoms with Crippen molar-refractivity contribution in [2.45, 2.75) is 12.3 Å². The van der Waals surface area contributed by atoms with E-state index in [9.17, 15) is 9.90 Å². The summed E-state index contributed by atoms with van der Waals surface area (Å²) < 4.78 is 0. The zero-order chi connectivity index (χ0) is 13.8. The summed E-state index contributed by atoms with van der Waals surface area (Å²) in [5, 5.41) is 10.5. The smallest absolute Gasteiger partial charge is 0.311 e. The van der Waals surface area contributed by atoms with Gasteiger partial charge in [-0.05, 0) is 35.7 Å². The van der Waals surface area contributed by atoms with Gasteiger partial charge in [0.05, 0.1) is 5.92 Å². The van der Waals surface area contributed by atoms with E-state index in [1.807, 2.05) is 18.2 Å². The molecule has 0 spiro atoms. The molecule has 0 bridgehead atoms. The van der Waals surface area contributed by atoms with Gasteiger partial charge in [-0.15, -0.1) is 0 Å². The highest BCUT2D eigenvalue weighted by atomic mass is 35.5. The quantitative estimate of drug-likeness (QED) is 0.907. The van der Waals surface area contributed by atoms with Crippen molar-refractivity contribution in [3.63, 3.8) is 0 Å². The van der Waals surface area contributed by atoms with Crippen LogP contribution in [0.5, 0.6) is 0 Å². The molecule has 2 nitrogen and oxygen atoms in total. The second kappa shape index (κ2) is 6.09. The number of hydrogen-bond acceptors (Lipinski definition) is 1. The Morgan fingerprint density at radius 1 is 1.05 bits per heavy atom. The summed E-state index contributed by atoms with van der Waals surface area (Å²) in [5.74, 6) is -1.50. The highest BCUT2D eigenvalue weighted by Crippen LogP contribution is 2.26. The van der Waals surface area contributed by atoms with Crippen LogP contribution in [0.25, 0.3) is 0 Å². The van der Waals surface area contributed by atoms with Gasteiger partial charge in [0, 0.05) is 10.0 Å². The Bertz CT molecular complexity index is 579. The van der Waals surface area contributed by atoms with Crippen LogP contribution in [0.3, 0.4) is 0 Å². The van der Waals surface area contributed by atoms with Crippen molar-refractivity contribution < 1.29 is 9.90 Å². The van der Waals surface area contributed by atoms with E-state index in [1.54, 1.807) is 30.3 Å². The average Bonchev–Trinajstić information content (AvgIpc) is 2.39. The standard InChI is InChI=1S/C15H12Cl2O2/c16-12-7-5-10(6-8-12)13(15(18)19)9-11-3-1-2-4-14(11)17/h1-8,13H,9H2,(H,18,19). The number of hydrogen-bond donors (Lipinski definition) is 1. The van der Waals surface area contributed by atoms with Gasteiger partial charge in [0.15, 0.2) is 0 Å². The first-order valence-corrected chi connectivity index (χ1v) is 6.55. The highest BCUT2D eigenvalue weighted by Gasteiger charge is 2.21. The van der Waals surface area contributed by atoms with Crippen LogP contribution in [-0.2, 0) is 11.2 Å². The van der Waals surface area contributed by atoms with Gasteiger partial charge in [-0.2, -0.15) is 0 Å². The average molecular weight is 295 g/mol. The first-order valence-electron chi connectivity index (χ1n) is 5.79. The Kier molecular flexibility index (Phi) is 4.46. The molecule has 19 heavy (non-hydrogen) atoms. The summed E-state index contributed by atoms with van der Waals surface area (Å²) >= 11 is 11.9. The monoisotopic (exact) mass is 294 g/mol. The minimum Gasteiger partial charge on any atom is -0.481 e. The molecule has 0 fully saturated rings. The summed E-state index contributed by atoms with van der Waals surface area (Å²) in [6, 6.07) is 14.1. The number of carboxylic acid groups (broad SMARTS) is 1. The van der Waals surface area contributed by atoms with Crippen molar-refractivity contribution in [3.8, 4) is 0 Å². The zero-order valence-electron chi connectivity index (χ0n) is 10.0. The van der Waals surface area contributed by atoms with E-state index in [0.29, 0.717) is 16.5 Å². The number of carboxylic acids is 1. The van der Waals surface area contributed by atoms with Gasteiger partial charge < -0.3 is 5.11 Å². The second-order valence-electron chi connectivity index (χ2n) is 4.24. The maximum Gasteiger partial charge on any atom is 0.311 e. The molecular weight excluding hydrogens is 283 g/mol. The molecule has 0 amide bonds. The van der Waals surface area contributed by atoms with Gasteiger partial charge in [-0.3, -0.25) is 4.79 Å². The molecule has 1 atom stereocenters. The molecule has 0 aliphatic heterocycles. The van der Waals surface area contributed by atoms with Crippen LogP contribution in [0.1, 0.15) is 17.0 Å². The number of rotatable bonds is 4. The molecule has 0 aliphatic rings. The minimum absolute atomic E-state index is 0.358. The fourth-order valence-corrected chi connectivity index (χ4v) is 2.27. The van der Waals surface area contributed by atoms with Crippen LogP contribution >= 0.6 is 23.2 Å². The predicted molar refractivity (Wildman–Crippen MR) is 77.0 cm³/mol. The number of aliphatic carboxylic acids is 1. The van der Waals surface area contributed by atoms with Crippen LogP contribution in [0, 0.1) is 0 Å². The van der Waals surface area contributed by atoms with Crippen molar-refractivity contribution >= 4 is 29.2 Å². The Balaban J connectivity index is 2.29. The summed E-state index contributed by atoms with van der Waals surface area (Å²) in [6.45, 7) is 0. The number of benzene rings is 2. The van der Waals surface area contributed by atoms with Crippen molar-refractivity contribution in [2.75, 3.05) is 0 Å². The summed E-state index contributed by atoms with van der Waals surface area (Å²) in [4.78, 5) is 11.4.